The number of rotatable bonds is 4. The Morgan fingerprint density at radius 3 is 3.15 bits per heavy atom. The predicted octanol–water partition coefficient (Wildman–Crippen LogP) is 2.44. The van der Waals surface area contributed by atoms with Crippen LogP contribution in [0.4, 0.5) is 0 Å². The molecule has 0 aliphatic carbocycles. The average Bonchev–Trinajstić information content (AvgIpc) is 2.19. The third-order valence-corrected chi connectivity index (χ3v) is 1.77. The van der Waals surface area contributed by atoms with Gasteiger partial charge < -0.3 is 9.47 Å². The van der Waals surface area contributed by atoms with Crippen molar-refractivity contribution in [3.05, 3.63) is 36.6 Å². The summed E-state index contributed by atoms with van der Waals surface area (Å²) in [7, 11) is 0. The van der Waals surface area contributed by atoms with Gasteiger partial charge in [0, 0.05) is 0 Å². The number of hydrogen-bond acceptors (Lipinski definition) is 2. The molecule has 0 N–H and O–H groups in total. The summed E-state index contributed by atoms with van der Waals surface area (Å²) in [5, 5.41) is 0. The molecule has 72 valence electrons. The molecule has 0 aromatic carbocycles. The van der Waals surface area contributed by atoms with E-state index in [0.29, 0.717) is 6.61 Å². The zero-order valence-corrected chi connectivity index (χ0v) is 8.03. The van der Waals surface area contributed by atoms with Crippen LogP contribution in [0.2, 0.25) is 0 Å². The number of allylic oxidation sites excluding steroid dienone is 2. The molecule has 0 aromatic heterocycles. The summed E-state index contributed by atoms with van der Waals surface area (Å²) in [5.41, 5.74) is 0. The van der Waals surface area contributed by atoms with Gasteiger partial charge in [0.05, 0.1) is 13.2 Å². The molecular formula is C11H16O2. The second-order valence-corrected chi connectivity index (χ2v) is 2.75. The van der Waals surface area contributed by atoms with Crippen LogP contribution in [0, 0.1) is 0 Å². The van der Waals surface area contributed by atoms with Gasteiger partial charge in [-0.25, -0.2) is 0 Å². The molecule has 0 saturated heterocycles. The van der Waals surface area contributed by atoms with Gasteiger partial charge in [-0.15, -0.1) is 0 Å². The normalized spacial score (nSPS) is 22.8. The first-order valence-electron chi connectivity index (χ1n) is 4.62. The number of hydrogen-bond donors (Lipinski definition) is 0. The van der Waals surface area contributed by atoms with Crippen LogP contribution in [0.1, 0.15) is 13.3 Å². The predicted molar refractivity (Wildman–Crippen MR) is 53.4 cm³/mol. The molecule has 0 radical (unpaired) electrons. The fraction of sp³-hybridized carbons (Fsp3) is 0.455. The first-order chi connectivity index (χ1) is 6.38. The Labute approximate surface area is 79.5 Å². The maximum Gasteiger partial charge on any atom is 0.133 e. The van der Waals surface area contributed by atoms with Crippen LogP contribution < -0.4 is 0 Å². The third-order valence-electron chi connectivity index (χ3n) is 1.77. The van der Waals surface area contributed by atoms with Gasteiger partial charge in [0.2, 0.25) is 0 Å². The fourth-order valence-corrected chi connectivity index (χ4v) is 1.22. The molecule has 1 atom stereocenters. The molecule has 0 fully saturated rings. The van der Waals surface area contributed by atoms with E-state index in [2.05, 4.69) is 12.7 Å². The van der Waals surface area contributed by atoms with E-state index in [1.165, 1.54) is 0 Å². The molecule has 0 amide bonds. The summed E-state index contributed by atoms with van der Waals surface area (Å²) < 4.78 is 11.0. The second-order valence-electron chi connectivity index (χ2n) is 2.75. The van der Waals surface area contributed by atoms with Gasteiger partial charge in [-0.05, 0) is 19.4 Å². The zero-order valence-electron chi connectivity index (χ0n) is 8.03. The highest BCUT2D eigenvalue weighted by atomic mass is 16.5. The summed E-state index contributed by atoms with van der Waals surface area (Å²) in [5.74, 6) is 0.841. The topological polar surface area (TPSA) is 18.5 Å². The monoisotopic (exact) mass is 180 g/mol. The van der Waals surface area contributed by atoms with E-state index in [4.69, 9.17) is 9.47 Å². The molecule has 1 aliphatic rings. The minimum Gasteiger partial charge on any atom is -0.495 e. The van der Waals surface area contributed by atoms with Crippen molar-refractivity contribution in [3.8, 4) is 0 Å². The summed E-state index contributed by atoms with van der Waals surface area (Å²) in [6.45, 7) is 7.03. The van der Waals surface area contributed by atoms with E-state index in [9.17, 15) is 0 Å². The lowest BCUT2D eigenvalue weighted by Crippen LogP contribution is -2.18. The summed E-state index contributed by atoms with van der Waals surface area (Å²) >= 11 is 0. The van der Waals surface area contributed by atoms with Gasteiger partial charge in [0.15, 0.2) is 0 Å². The first kappa shape index (κ1) is 10.1. The standard InChI is InChI=1S/C11H16O2/c1-3-7-10(12-4-2)11-8-5-6-9-13-11/h3,5,7-8,11H,1,4,6,9H2,2H3. The van der Waals surface area contributed by atoms with E-state index < -0.39 is 0 Å². The third kappa shape index (κ3) is 3.07. The van der Waals surface area contributed by atoms with E-state index in [0.717, 1.165) is 18.8 Å². The molecule has 0 spiro atoms. The van der Waals surface area contributed by atoms with Crippen LogP contribution >= 0.6 is 0 Å². The Balaban J connectivity index is 2.62. The molecule has 2 nitrogen and oxygen atoms in total. The van der Waals surface area contributed by atoms with Gasteiger partial charge in [-0.3, -0.25) is 0 Å². The van der Waals surface area contributed by atoms with Crippen molar-refractivity contribution in [2.75, 3.05) is 13.2 Å². The van der Waals surface area contributed by atoms with E-state index in [1.54, 1.807) is 6.08 Å². The molecule has 1 heterocycles. The average molecular weight is 180 g/mol. The molecule has 0 aromatic rings. The molecule has 2 heteroatoms. The van der Waals surface area contributed by atoms with Crippen molar-refractivity contribution in [1.82, 2.24) is 0 Å². The van der Waals surface area contributed by atoms with Crippen molar-refractivity contribution in [3.63, 3.8) is 0 Å². The summed E-state index contributed by atoms with van der Waals surface area (Å²) in [4.78, 5) is 0. The Kier molecular flexibility index (Phi) is 4.33. The highest BCUT2D eigenvalue weighted by Crippen LogP contribution is 2.14. The van der Waals surface area contributed by atoms with Crippen molar-refractivity contribution < 1.29 is 9.47 Å². The maximum absolute atomic E-state index is 5.52. The quantitative estimate of drug-likeness (QED) is 0.376. The Bertz CT molecular complexity index is 216. The van der Waals surface area contributed by atoms with Crippen LogP contribution in [-0.2, 0) is 9.47 Å². The maximum atomic E-state index is 5.52. The lowest BCUT2D eigenvalue weighted by Gasteiger charge is -2.20. The van der Waals surface area contributed by atoms with Crippen LogP contribution in [-0.4, -0.2) is 19.3 Å². The largest absolute Gasteiger partial charge is 0.495 e. The molecule has 0 bridgehead atoms. The molecule has 1 aliphatic heterocycles. The second kappa shape index (κ2) is 5.60. The van der Waals surface area contributed by atoms with Crippen LogP contribution in [0.5, 0.6) is 0 Å². The van der Waals surface area contributed by atoms with Crippen LogP contribution in [0.15, 0.2) is 36.6 Å². The van der Waals surface area contributed by atoms with Gasteiger partial charge in [-0.2, -0.15) is 0 Å². The highest BCUT2D eigenvalue weighted by molar-refractivity contribution is 5.16. The Hall–Kier alpha value is -1.02. The molecule has 1 rings (SSSR count). The molecule has 0 saturated carbocycles. The van der Waals surface area contributed by atoms with Crippen molar-refractivity contribution >= 4 is 0 Å². The SMILES string of the molecule is C=CC=C(OCC)C1C=CCCO1. The summed E-state index contributed by atoms with van der Waals surface area (Å²) in [6, 6.07) is 0. The molecule has 1 unspecified atom stereocenters. The van der Waals surface area contributed by atoms with E-state index >= 15 is 0 Å². The first-order valence-corrected chi connectivity index (χ1v) is 4.62. The highest BCUT2D eigenvalue weighted by Gasteiger charge is 2.14. The zero-order chi connectivity index (χ0) is 9.52. The minimum atomic E-state index is -0.0216. The lowest BCUT2D eigenvalue weighted by molar-refractivity contribution is 0.0542. The molecule has 13 heavy (non-hydrogen) atoms. The van der Waals surface area contributed by atoms with Crippen molar-refractivity contribution in [2.24, 2.45) is 0 Å². The van der Waals surface area contributed by atoms with E-state index in [1.807, 2.05) is 19.1 Å². The fourth-order valence-electron chi connectivity index (χ4n) is 1.22. The van der Waals surface area contributed by atoms with Crippen LogP contribution in [0.25, 0.3) is 0 Å². The van der Waals surface area contributed by atoms with Crippen molar-refractivity contribution in [2.45, 2.75) is 19.4 Å². The minimum absolute atomic E-state index is 0.0216. The molecular weight excluding hydrogens is 164 g/mol. The van der Waals surface area contributed by atoms with Gasteiger partial charge in [0.1, 0.15) is 11.9 Å². The van der Waals surface area contributed by atoms with Crippen molar-refractivity contribution in [1.29, 1.82) is 0 Å². The lowest BCUT2D eigenvalue weighted by atomic mass is 10.2. The van der Waals surface area contributed by atoms with Gasteiger partial charge in [-0.1, -0.05) is 24.8 Å². The Morgan fingerprint density at radius 2 is 2.62 bits per heavy atom. The van der Waals surface area contributed by atoms with Gasteiger partial charge >= 0.3 is 0 Å². The Morgan fingerprint density at radius 1 is 1.77 bits per heavy atom. The van der Waals surface area contributed by atoms with Crippen LogP contribution in [0.3, 0.4) is 0 Å². The smallest absolute Gasteiger partial charge is 0.133 e. The summed E-state index contributed by atoms with van der Waals surface area (Å²) in [6.07, 6.45) is 8.68. The van der Waals surface area contributed by atoms with Gasteiger partial charge in [0.25, 0.3) is 0 Å². The number of ether oxygens (including phenoxy) is 2. The van der Waals surface area contributed by atoms with E-state index in [-0.39, 0.29) is 6.10 Å².